The first-order valence-corrected chi connectivity index (χ1v) is 9.53. The maximum atomic E-state index is 13.0. The maximum absolute atomic E-state index is 13.0. The maximum Gasteiger partial charge on any atom is 0.231 e. The van der Waals surface area contributed by atoms with Crippen LogP contribution >= 0.6 is 0 Å². The van der Waals surface area contributed by atoms with Gasteiger partial charge in [-0.1, -0.05) is 30.3 Å². The van der Waals surface area contributed by atoms with Gasteiger partial charge < -0.3 is 15.6 Å². The summed E-state index contributed by atoms with van der Waals surface area (Å²) in [6, 6.07) is 10.0. The zero-order chi connectivity index (χ0) is 18.8. The van der Waals surface area contributed by atoms with E-state index in [9.17, 15) is 9.59 Å². The van der Waals surface area contributed by atoms with Crippen LogP contribution in [0.25, 0.3) is 11.4 Å². The van der Waals surface area contributed by atoms with Gasteiger partial charge in [0.1, 0.15) is 5.82 Å². The quantitative estimate of drug-likeness (QED) is 0.848. The molecule has 3 N–H and O–H groups in total. The summed E-state index contributed by atoms with van der Waals surface area (Å²) in [5.74, 6) is 0.638. The summed E-state index contributed by atoms with van der Waals surface area (Å²) in [6.45, 7) is 2.94. The number of hydrogen-bond acceptors (Lipinski definition) is 4. The molecular formula is C20H25N5O2. The average Bonchev–Trinajstić information content (AvgIpc) is 3.11. The van der Waals surface area contributed by atoms with Gasteiger partial charge in [0, 0.05) is 25.1 Å². The Labute approximate surface area is 158 Å². The normalized spacial score (nSPS) is 20.3. The Kier molecular flexibility index (Phi) is 4.94. The van der Waals surface area contributed by atoms with Crippen molar-refractivity contribution in [2.24, 2.45) is 11.7 Å². The number of likely N-dealkylation sites (tertiary alicyclic amines) is 1. The molecule has 3 heterocycles. The molecule has 2 amide bonds. The fourth-order valence-electron chi connectivity index (χ4n) is 4.09. The van der Waals surface area contributed by atoms with Crippen LogP contribution in [0.2, 0.25) is 0 Å². The number of aromatic nitrogens is 2. The molecule has 142 valence electrons. The van der Waals surface area contributed by atoms with E-state index < -0.39 is 0 Å². The summed E-state index contributed by atoms with van der Waals surface area (Å²) in [7, 11) is 0. The molecule has 1 aromatic heterocycles. The Balaban J connectivity index is 1.44. The molecule has 0 bridgehead atoms. The van der Waals surface area contributed by atoms with Gasteiger partial charge in [-0.2, -0.15) is 0 Å². The van der Waals surface area contributed by atoms with E-state index in [1.54, 1.807) is 0 Å². The number of amides is 2. The van der Waals surface area contributed by atoms with E-state index >= 15 is 0 Å². The second-order valence-corrected chi connectivity index (χ2v) is 7.43. The van der Waals surface area contributed by atoms with Crippen molar-refractivity contribution in [3.8, 4) is 11.4 Å². The van der Waals surface area contributed by atoms with Crippen LogP contribution in [0, 0.1) is 5.92 Å². The third-order valence-electron chi connectivity index (χ3n) is 5.42. The van der Waals surface area contributed by atoms with Gasteiger partial charge in [-0.15, -0.1) is 0 Å². The summed E-state index contributed by atoms with van der Waals surface area (Å²) in [6.07, 6.45) is 2.56. The molecule has 27 heavy (non-hydrogen) atoms. The number of hydrogen-bond donors (Lipinski definition) is 2. The first-order valence-electron chi connectivity index (χ1n) is 9.53. The van der Waals surface area contributed by atoms with E-state index in [2.05, 4.69) is 4.98 Å². The molecule has 1 saturated heterocycles. The van der Waals surface area contributed by atoms with Crippen molar-refractivity contribution in [3.63, 3.8) is 0 Å². The predicted molar refractivity (Wildman–Crippen MR) is 102 cm³/mol. The third kappa shape index (κ3) is 3.88. The minimum Gasteiger partial charge on any atom is -0.369 e. The Morgan fingerprint density at radius 1 is 1.22 bits per heavy atom. The van der Waals surface area contributed by atoms with Crippen molar-refractivity contribution in [2.75, 3.05) is 26.2 Å². The van der Waals surface area contributed by atoms with Crippen LogP contribution < -0.4 is 5.73 Å². The van der Waals surface area contributed by atoms with Gasteiger partial charge in [-0.05, 0) is 19.4 Å². The molecule has 2 aliphatic heterocycles. The average molecular weight is 367 g/mol. The van der Waals surface area contributed by atoms with Crippen molar-refractivity contribution in [3.05, 3.63) is 41.7 Å². The second kappa shape index (κ2) is 7.52. The Morgan fingerprint density at radius 2 is 2.04 bits per heavy atom. The molecule has 0 radical (unpaired) electrons. The number of nitrogens with zero attached hydrogens (tertiary/aromatic N) is 3. The first kappa shape index (κ1) is 17.7. The standard InChI is InChI=1S/C20H25N5O2/c21-18(26)13-24-9-4-7-15(11-24)20(27)25-10-8-16-17(12-25)23-19(22-16)14-5-2-1-3-6-14/h1-3,5-6,15H,4,7-13H2,(H2,21,26)(H,22,23)/t15-/m1/s1. The highest BCUT2D eigenvalue weighted by molar-refractivity contribution is 5.80. The summed E-state index contributed by atoms with van der Waals surface area (Å²) in [5, 5.41) is 0. The molecule has 7 heteroatoms. The van der Waals surface area contributed by atoms with Crippen LogP contribution in [0.5, 0.6) is 0 Å². The Bertz CT molecular complexity index is 832. The van der Waals surface area contributed by atoms with Gasteiger partial charge in [0.05, 0.1) is 30.4 Å². The Hall–Kier alpha value is -2.67. The van der Waals surface area contributed by atoms with Crippen LogP contribution in [0.1, 0.15) is 24.2 Å². The van der Waals surface area contributed by atoms with Crippen LogP contribution in [-0.2, 0) is 22.6 Å². The minimum atomic E-state index is -0.336. The highest BCUT2D eigenvalue weighted by atomic mass is 16.2. The molecule has 7 nitrogen and oxygen atoms in total. The highest BCUT2D eigenvalue weighted by Gasteiger charge is 2.32. The summed E-state index contributed by atoms with van der Waals surface area (Å²) >= 11 is 0. The van der Waals surface area contributed by atoms with E-state index in [1.165, 1.54) is 0 Å². The van der Waals surface area contributed by atoms with Gasteiger partial charge in [0.2, 0.25) is 11.8 Å². The van der Waals surface area contributed by atoms with Crippen LogP contribution in [0.15, 0.2) is 30.3 Å². The van der Waals surface area contributed by atoms with Crippen molar-refractivity contribution >= 4 is 11.8 Å². The largest absolute Gasteiger partial charge is 0.369 e. The molecule has 0 unspecified atom stereocenters. The molecule has 2 aromatic rings. The van der Waals surface area contributed by atoms with E-state index in [0.717, 1.165) is 48.6 Å². The molecule has 1 aromatic carbocycles. The molecule has 1 atom stereocenters. The number of carbonyl (C=O) groups excluding carboxylic acids is 2. The number of fused-ring (bicyclic) bond motifs is 1. The molecule has 2 aliphatic rings. The predicted octanol–water partition coefficient (Wildman–Crippen LogP) is 1.16. The Morgan fingerprint density at radius 3 is 2.81 bits per heavy atom. The number of nitrogens with one attached hydrogen (secondary N) is 1. The number of primary amides is 1. The minimum absolute atomic E-state index is 0.0591. The zero-order valence-corrected chi connectivity index (χ0v) is 15.4. The van der Waals surface area contributed by atoms with Crippen LogP contribution in [0.4, 0.5) is 0 Å². The lowest BCUT2D eigenvalue weighted by Gasteiger charge is -2.35. The van der Waals surface area contributed by atoms with Crippen molar-refractivity contribution < 1.29 is 9.59 Å². The molecule has 0 aliphatic carbocycles. The summed E-state index contributed by atoms with van der Waals surface area (Å²) in [4.78, 5) is 36.2. The lowest BCUT2D eigenvalue weighted by atomic mass is 9.95. The first-order chi connectivity index (χ1) is 13.1. The number of rotatable bonds is 4. The van der Waals surface area contributed by atoms with Gasteiger partial charge in [-0.3, -0.25) is 14.5 Å². The van der Waals surface area contributed by atoms with Crippen molar-refractivity contribution in [2.45, 2.75) is 25.8 Å². The summed E-state index contributed by atoms with van der Waals surface area (Å²) in [5.41, 5.74) is 8.44. The number of imidazole rings is 1. The lowest BCUT2D eigenvalue weighted by molar-refractivity contribution is -0.139. The number of benzene rings is 1. The number of carbonyl (C=O) groups is 2. The fourth-order valence-corrected chi connectivity index (χ4v) is 4.09. The summed E-state index contributed by atoms with van der Waals surface area (Å²) < 4.78 is 0. The second-order valence-electron chi connectivity index (χ2n) is 7.43. The van der Waals surface area contributed by atoms with E-state index in [-0.39, 0.29) is 24.3 Å². The molecule has 4 rings (SSSR count). The topological polar surface area (TPSA) is 95.3 Å². The molecule has 0 saturated carbocycles. The van der Waals surface area contributed by atoms with Crippen LogP contribution in [0.3, 0.4) is 0 Å². The van der Waals surface area contributed by atoms with Gasteiger partial charge in [0.15, 0.2) is 0 Å². The van der Waals surface area contributed by atoms with E-state index in [4.69, 9.17) is 10.7 Å². The van der Waals surface area contributed by atoms with Gasteiger partial charge >= 0.3 is 0 Å². The molecule has 0 spiro atoms. The number of aromatic amines is 1. The number of H-pyrrole nitrogens is 1. The third-order valence-corrected chi connectivity index (χ3v) is 5.42. The highest BCUT2D eigenvalue weighted by Crippen LogP contribution is 2.25. The molecular weight excluding hydrogens is 342 g/mol. The monoisotopic (exact) mass is 367 g/mol. The lowest BCUT2D eigenvalue weighted by Crippen LogP contribution is -2.48. The van der Waals surface area contributed by atoms with Crippen LogP contribution in [-0.4, -0.2) is 57.8 Å². The smallest absolute Gasteiger partial charge is 0.231 e. The SMILES string of the molecule is NC(=O)CN1CCC[C@@H](C(=O)N2CCc3nc(-c4ccccc4)[nH]c3C2)C1. The zero-order valence-electron chi connectivity index (χ0n) is 15.4. The van der Waals surface area contributed by atoms with E-state index in [1.807, 2.05) is 40.1 Å². The number of nitrogens with two attached hydrogens (primary N) is 1. The van der Waals surface area contributed by atoms with Gasteiger partial charge in [0.25, 0.3) is 0 Å². The van der Waals surface area contributed by atoms with Gasteiger partial charge in [-0.25, -0.2) is 4.98 Å². The fraction of sp³-hybridized carbons (Fsp3) is 0.450. The molecule has 1 fully saturated rings. The van der Waals surface area contributed by atoms with Crippen molar-refractivity contribution in [1.82, 2.24) is 19.8 Å². The van der Waals surface area contributed by atoms with Crippen molar-refractivity contribution in [1.29, 1.82) is 0 Å². The van der Waals surface area contributed by atoms with E-state index in [0.29, 0.717) is 19.6 Å². The number of piperidine rings is 1.